The third-order valence-electron chi connectivity index (χ3n) is 4.13. The summed E-state index contributed by atoms with van der Waals surface area (Å²) < 4.78 is 2.05. The number of aryl methyl sites for hydroxylation is 1. The van der Waals surface area contributed by atoms with Crippen LogP contribution in [-0.4, -0.2) is 25.7 Å². The highest BCUT2D eigenvalue weighted by molar-refractivity contribution is 7.09. The summed E-state index contributed by atoms with van der Waals surface area (Å²) in [6.07, 6.45) is 2.58. The Hall–Kier alpha value is -1.98. The number of benzene rings is 1. The van der Waals surface area contributed by atoms with Crippen molar-refractivity contribution in [3.8, 4) is 11.4 Å². The van der Waals surface area contributed by atoms with Crippen molar-refractivity contribution in [3.05, 3.63) is 58.5 Å². The van der Waals surface area contributed by atoms with Crippen molar-refractivity contribution in [2.75, 3.05) is 0 Å². The van der Waals surface area contributed by atoms with Crippen LogP contribution in [0.25, 0.3) is 11.4 Å². The first-order valence-electron chi connectivity index (χ1n) is 8.03. The molecule has 0 spiro atoms. The lowest BCUT2D eigenvalue weighted by Gasteiger charge is -2.22. The first-order valence-corrected chi connectivity index (χ1v) is 8.91. The minimum Gasteiger partial charge on any atom is -0.276 e. The van der Waals surface area contributed by atoms with E-state index in [2.05, 4.69) is 49.3 Å². The summed E-state index contributed by atoms with van der Waals surface area (Å²) in [5.74, 6) is 1.79. The quantitative estimate of drug-likeness (QED) is 0.689. The van der Waals surface area contributed by atoms with Gasteiger partial charge in [0.1, 0.15) is 5.82 Å². The first kappa shape index (κ1) is 14.6. The molecule has 2 heterocycles. The number of hydrogen-bond donors (Lipinski definition) is 0. The van der Waals surface area contributed by atoms with Crippen LogP contribution in [0.5, 0.6) is 0 Å². The zero-order valence-corrected chi connectivity index (χ0v) is 14.0. The Morgan fingerprint density at radius 3 is 2.70 bits per heavy atom. The normalized spacial score (nSPS) is 14.5. The molecular weight excluding hydrogens is 304 g/mol. The molecule has 0 N–H and O–H groups in total. The van der Waals surface area contributed by atoms with E-state index in [0.717, 1.165) is 30.4 Å². The van der Waals surface area contributed by atoms with Gasteiger partial charge in [0.2, 0.25) is 0 Å². The highest BCUT2D eigenvalue weighted by Crippen LogP contribution is 2.30. The Balaban J connectivity index is 1.60. The maximum Gasteiger partial charge on any atom is 0.159 e. The molecule has 1 aromatic carbocycles. The average molecular weight is 324 g/mol. The molecule has 1 aliphatic carbocycles. The zero-order chi connectivity index (χ0) is 15.6. The van der Waals surface area contributed by atoms with Crippen LogP contribution in [0.4, 0.5) is 0 Å². The maximum atomic E-state index is 4.64. The molecule has 0 atom stereocenters. The fourth-order valence-electron chi connectivity index (χ4n) is 2.86. The van der Waals surface area contributed by atoms with E-state index >= 15 is 0 Å². The first-order chi connectivity index (χ1) is 11.3. The van der Waals surface area contributed by atoms with Crippen molar-refractivity contribution in [1.82, 2.24) is 19.7 Å². The number of aromatic nitrogens is 3. The van der Waals surface area contributed by atoms with E-state index in [1.807, 2.05) is 36.5 Å². The van der Waals surface area contributed by atoms with Gasteiger partial charge in [-0.15, -0.1) is 11.3 Å². The minimum absolute atomic E-state index is 0.685. The molecule has 0 aliphatic heterocycles. The molecule has 5 heteroatoms. The van der Waals surface area contributed by atoms with Crippen molar-refractivity contribution in [2.24, 2.45) is 0 Å². The van der Waals surface area contributed by atoms with Gasteiger partial charge in [-0.1, -0.05) is 36.4 Å². The molecule has 4 nitrogen and oxygen atoms in total. The van der Waals surface area contributed by atoms with Crippen LogP contribution in [0.2, 0.25) is 0 Å². The number of nitrogens with zero attached hydrogens (tertiary/aromatic N) is 4. The van der Waals surface area contributed by atoms with E-state index < -0.39 is 0 Å². The Morgan fingerprint density at radius 2 is 2.00 bits per heavy atom. The highest BCUT2D eigenvalue weighted by Gasteiger charge is 2.30. The molecule has 1 saturated carbocycles. The molecule has 1 aliphatic rings. The minimum atomic E-state index is 0.685. The van der Waals surface area contributed by atoms with Crippen molar-refractivity contribution >= 4 is 11.3 Å². The second-order valence-electron chi connectivity index (χ2n) is 6.05. The van der Waals surface area contributed by atoms with E-state index in [0.29, 0.717) is 6.04 Å². The average Bonchev–Trinajstić information content (AvgIpc) is 3.17. The summed E-state index contributed by atoms with van der Waals surface area (Å²) in [4.78, 5) is 8.57. The van der Waals surface area contributed by atoms with Crippen LogP contribution in [0.1, 0.15) is 23.5 Å². The monoisotopic (exact) mass is 324 g/mol. The lowest BCUT2D eigenvalue weighted by molar-refractivity contribution is 0.191. The van der Waals surface area contributed by atoms with Gasteiger partial charge in [0.15, 0.2) is 5.82 Å². The van der Waals surface area contributed by atoms with E-state index in [9.17, 15) is 0 Å². The predicted octanol–water partition coefficient (Wildman–Crippen LogP) is 3.94. The molecule has 0 unspecified atom stereocenters. The molecule has 4 rings (SSSR count). The van der Waals surface area contributed by atoms with Gasteiger partial charge in [0.05, 0.1) is 6.67 Å². The van der Waals surface area contributed by atoms with Crippen molar-refractivity contribution in [3.63, 3.8) is 0 Å². The van der Waals surface area contributed by atoms with Gasteiger partial charge in [0, 0.05) is 23.0 Å². The van der Waals surface area contributed by atoms with Crippen LogP contribution in [0.3, 0.4) is 0 Å². The smallest absolute Gasteiger partial charge is 0.159 e. The Bertz CT molecular complexity index is 760. The van der Waals surface area contributed by atoms with Crippen LogP contribution < -0.4 is 0 Å². The topological polar surface area (TPSA) is 34.0 Å². The zero-order valence-electron chi connectivity index (χ0n) is 13.2. The lowest BCUT2D eigenvalue weighted by Crippen LogP contribution is -2.28. The largest absolute Gasteiger partial charge is 0.276 e. The lowest BCUT2D eigenvalue weighted by atomic mass is 10.2. The van der Waals surface area contributed by atoms with Crippen molar-refractivity contribution in [2.45, 2.75) is 39.0 Å². The van der Waals surface area contributed by atoms with E-state index in [1.54, 1.807) is 0 Å². The third-order valence-corrected chi connectivity index (χ3v) is 4.99. The number of thiophene rings is 1. The van der Waals surface area contributed by atoms with Crippen LogP contribution in [0, 0.1) is 6.92 Å². The third kappa shape index (κ3) is 3.35. The van der Waals surface area contributed by atoms with Gasteiger partial charge < -0.3 is 0 Å². The Morgan fingerprint density at radius 1 is 1.17 bits per heavy atom. The van der Waals surface area contributed by atoms with E-state index in [4.69, 9.17) is 0 Å². The molecule has 3 aromatic rings. The van der Waals surface area contributed by atoms with Gasteiger partial charge in [-0.05, 0) is 31.2 Å². The van der Waals surface area contributed by atoms with Crippen LogP contribution >= 0.6 is 11.3 Å². The highest BCUT2D eigenvalue weighted by atomic mass is 32.1. The summed E-state index contributed by atoms with van der Waals surface area (Å²) in [6.45, 7) is 3.76. The van der Waals surface area contributed by atoms with Gasteiger partial charge in [0.25, 0.3) is 0 Å². The van der Waals surface area contributed by atoms with Gasteiger partial charge in [-0.25, -0.2) is 9.67 Å². The summed E-state index contributed by atoms with van der Waals surface area (Å²) in [5, 5.41) is 6.78. The maximum absolute atomic E-state index is 4.64. The van der Waals surface area contributed by atoms with Crippen molar-refractivity contribution in [1.29, 1.82) is 0 Å². The Labute approximate surface area is 140 Å². The van der Waals surface area contributed by atoms with Crippen molar-refractivity contribution < 1.29 is 0 Å². The SMILES string of the molecule is Cc1nc(-c2ccccc2)n(CN(Cc2cccs2)C2CC2)n1. The predicted molar refractivity (Wildman–Crippen MR) is 93.1 cm³/mol. The molecule has 23 heavy (non-hydrogen) atoms. The molecule has 0 saturated heterocycles. The molecule has 0 amide bonds. The van der Waals surface area contributed by atoms with E-state index in [-0.39, 0.29) is 0 Å². The van der Waals surface area contributed by atoms with Crippen LogP contribution in [0.15, 0.2) is 47.8 Å². The fraction of sp³-hybridized carbons (Fsp3) is 0.333. The summed E-state index contributed by atoms with van der Waals surface area (Å²) in [6, 6.07) is 15.4. The molecule has 2 aromatic heterocycles. The van der Waals surface area contributed by atoms with E-state index in [1.165, 1.54) is 17.7 Å². The standard InChI is InChI=1S/C18H20N4S/c1-14-19-18(15-6-3-2-4-7-15)22(20-14)13-21(16-9-10-16)12-17-8-5-11-23-17/h2-8,11,16H,9-10,12-13H2,1H3. The Kier molecular flexibility index (Phi) is 3.97. The van der Waals surface area contributed by atoms with Crippen LogP contribution in [-0.2, 0) is 13.2 Å². The van der Waals surface area contributed by atoms with Gasteiger partial charge in [-0.3, -0.25) is 4.90 Å². The number of hydrogen-bond acceptors (Lipinski definition) is 4. The molecule has 1 fully saturated rings. The van der Waals surface area contributed by atoms with Gasteiger partial charge in [-0.2, -0.15) is 5.10 Å². The second-order valence-corrected chi connectivity index (χ2v) is 7.08. The summed E-state index contributed by atoms with van der Waals surface area (Å²) in [7, 11) is 0. The fourth-order valence-corrected chi connectivity index (χ4v) is 3.59. The summed E-state index contributed by atoms with van der Waals surface area (Å²) in [5.41, 5.74) is 1.12. The molecule has 0 radical (unpaired) electrons. The second kappa shape index (κ2) is 6.26. The summed E-state index contributed by atoms with van der Waals surface area (Å²) >= 11 is 1.83. The molecular formula is C18H20N4S. The van der Waals surface area contributed by atoms with Gasteiger partial charge >= 0.3 is 0 Å². The molecule has 0 bridgehead atoms. The number of rotatable bonds is 6. The molecule has 118 valence electrons.